The average Bonchev–Trinajstić information content (AvgIpc) is 2.58. The average molecular weight is 151 g/mol. The van der Waals surface area contributed by atoms with Gasteiger partial charge in [-0.1, -0.05) is 19.0 Å². The lowest BCUT2D eigenvalue weighted by Gasteiger charge is -2.02. The first-order valence-electron chi connectivity index (χ1n) is 4.11. The van der Waals surface area contributed by atoms with E-state index in [1.165, 1.54) is 5.57 Å². The van der Waals surface area contributed by atoms with Crippen molar-refractivity contribution in [3.8, 4) is 0 Å². The van der Waals surface area contributed by atoms with Gasteiger partial charge in [-0.15, -0.1) is 0 Å². The Morgan fingerprint density at radius 3 is 3.00 bits per heavy atom. The summed E-state index contributed by atoms with van der Waals surface area (Å²) in [7, 11) is 0. The molecule has 2 aliphatic rings. The Kier molecular flexibility index (Phi) is 1.17. The molecule has 1 heterocycles. The van der Waals surface area contributed by atoms with Crippen LogP contribution in [-0.2, 0) is 4.84 Å². The molecule has 1 aliphatic carbocycles. The Hall–Kier alpha value is -0.790. The molecule has 2 unspecified atom stereocenters. The largest absolute Gasteiger partial charge is 0.387 e. The predicted molar refractivity (Wildman–Crippen MR) is 44.5 cm³/mol. The molecule has 2 rings (SSSR count). The molecule has 0 aromatic heterocycles. The number of nitrogens with zero attached hydrogens (tertiary/aromatic N) is 1. The first-order valence-corrected chi connectivity index (χ1v) is 4.11. The standard InChI is InChI=1S/C9H13NO/c1-4-9(3)7-5-6(2)10-11-8(7)9/h5,8H,4H2,1-3H3. The number of hydrogen-bond donors (Lipinski definition) is 0. The van der Waals surface area contributed by atoms with Crippen LogP contribution in [-0.4, -0.2) is 11.8 Å². The van der Waals surface area contributed by atoms with Gasteiger partial charge >= 0.3 is 0 Å². The molecule has 60 valence electrons. The van der Waals surface area contributed by atoms with Crippen molar-refractivity contribution < 1.29 is 4.84 Å². The predicted octanol–water partition coefficient (Wildman–Crippen LogP) is 2.12. The third-order valence-corrected chi connectivity index (χ3v) is 2.84. The maximum Gasteiger partial charge on any atom is 0.158 e. The first kappa shape index (κ1) is 6.89. The van der Waals surface area contributed by atoms with Gasteiger partial charge in [0.1, 0.15) is 0 Å². The van der Waals surface area contributed by atoms with Crippen LogP contribution in [0, 0.1) is 5.41 Å². The lowest BCUT2D eigenvalue weighted by molar-refractivity contribution is 0.101. The maximum absolute atomic E-state index is 5.29. The highest BCUT2D eigenvalue weighted by atomic mass is 16.6. The molecule has 2 nitrogen and oxygen atoms in total. The van der Waals surface area contributed by atoms with Crippen LogP contribution in [0.4, 0.5) is 0 Å². The molecule has 0 aromatic carbocycles. The number of oxime groups is 1. The van der Waals surface area contributed by atoms with Crippen molar-refractivity contribution in [2.75, 3.05) is 0 Å². The van der Waals surface area contributed by atoms with Gasteiger partial charge in [0, 0.05) is 5.41 Å². The fourth-order valence-electron chi connectivity index (χ4n) is 1.67. The van der Waals surface area contributed by atoms with Gasteiger partial charge in [-0.3, -0.25) is 0 Å². The molecular formula is C9H13NO. The van der Waals surface area contributed by atoms with Crippen LogP contribution >= 0.6 is 0 Å². The molecule has 0 spiro atoms. The van der Waals surface area contributed by atoms with Crippen molar-refractivity contribution in [2.45, 2.75) is 33.3 Å². The molecule has 0 amide bonds. The quantitative estimate of drug-likeness (QED) is 0.562. The van der Waals surface area contributed by atoms with Gasteiger partial charge in [0.05, 0.1) is 5.71 Å². The van der Waals surface area contributed by atoms with Gasteiger partial charge in [-0.2, -0.15) is 0 Å². The minimum Gasteiger partial charge on any atom is -0.387 e. The molecule has 1 saturated carbocycles. The highest BCUT2D eigenvalue weighted by Gasteiger charge is 2.58. The smallest absolute Gasteiger partial charge is 0.158 e. The van der Waals surface area contributed by atoms with E-state index in [0.717, 1.165) is 12.1 Å². The van der Waals surface area contributed by atoms with E-state index >= 15 is 0 Å². The Labute approximate surface area is 66.9 Å². The maximum atomic E-state index is 5.29. The van der Waals surface area contributed by atoms with Crippen LogP contribution in [0.3, 0.4) is 0 Å². The highest BCUT2D eigenvalue weighted by molar-refractivity contribution is 5.95. The van der Waals surface area contributed by atoms with E-state index in [4.69, 9.17) is 4.84 Å². The van der Waals surface area contributed by atoms with Crippen molar-refractivity contribution in [2.24, 2.45) is 10.6 Å². The van der Waals surface area contributed by atoms with Gasteiger partial charge < -0.3 is 4.84 Å². The van der Waals surface area contributed by atoms with Gasteiger partial charge in [0.15, 0.2) is 6.10 Å². The van der Waals surface area contributed by atoms with Gasteiger partial charge in [-0.05, 0) is 25.0 Å². The fourth-order valence-corrected chi connectivity index (χ4v) is 1.67. The van der Waals surface area contributed by atoms with Crippen molar-refractivity contribution in [3.63, 3.8) is 0 Å². The summed E-state index contributed by atoms with van der Waals surface area (Å²) in [5.74, 6) is 0. The molecule has 0 bridgehead atoms. The van der Waals surface area contributed by atoms with Crippen molar-refractivity contribution in [1.82, 2.24) is 0 Å². The second kappa shape index (κ2) is 1.87. The lowest BCUT2D eigenvalue weighted by Crippen LogP contribution is -2.01. The Bertz CT molecular complexity index is 254. The monoisotopic (exact) mass is 151 g/mol. The lowest BCUT2D eigenvalue weighted by atomic mass is 10.1. The van der Waals surface area contributed by atoms with Crippen LogP contribution in [0.1, 0.15) is 27.2 Å². The highest BCUT2D eigenvalue weighted by Crippen LogP contribution is 2.57. The third-order valence-electron chi connectivity index (χ3n) is 2.84. The molecular weight excluding hydrogens is 138 g/mol. The van der Waals surface area contributed by atoms with Crippen LogP contribution in [0.5, 0.6) is 0 Å². The molecule has 1 fully saturated rings. The third kappa shape index (κ3) is 0.753. The SMILES string of the molecule is CCC1(C)C2=CC(C)=NOC21. The Balaban J connectivity index is 2.25. The summed E-state index contributed by atoms with van der Waals surface area (Å²) < 4.78 is 0. The van der Waals surface area contributed by atoms with Crippen molar-refractivity contribution in [1.29, 1.82) is 0 Å². The Morgan fingerprint density at radius 1 is 1.73 bits per heavy atom. The van der Waals surface area contributed by atoms with E-state index in [-0.39, 0.29) is 6.10 Å². The summed E-state index contributed by atoms with van der Waals surface area (Å²) in [6, 6.07) is 0. The number of hydrogen-bond acceptors (Lipinski definition) is 2. The second-order valence-corrected chi connectivity index (χ2v) is 3.59. The van der Waals surface area contributed by atoms with Crippen LogP contribution < -0.4 is 0 Å². The Morgan fingerprint density at radius 2 is 2.45 bits per heavy atom. The fraction of sp³-hybridized carbons (Fsp3) is 0.667. The molecule has 2 atom stereocenters. The van der Waals surface area contributed by atoms with Crippen molar-refractivity contribution in [3.05, 3.63) is 11.6 Å². The van der Waals surface area contributed by atoms with E-state index in [2.05, 4.69) is 25.1 Å². The normalized spacial score (nSPS) is 40.1. The van der Waals surface area contributed by atoms with Gasteiger partial charge in [0.25, 0.3) is 0 Å². The second-order valence-electron chi connectivity index (χ2n) is 3.59. The zero-order valence-electron chi connectivity index (χ0n) is 7.22. The topological polar surface area (TPSA) is 21.6 Å². The summed E-state index contributed by atoms with van der Waals surface area (Å²) >= 11 is 0. The number of fused-ring (bicyclic) bond motifs is 1. The molecule has 0 N–H and O–H groups in total. The molecule has 11 heavy (non-hydrogen) atoms. The molecule has 0 saturated heterocycles. The summed E-state index contributed by atoms with van der Waals surface area (Å²) in [5.41, 5.74) is 2.71. The van der Waals surface area contributed by atoms with E-state index in [0.29, 0.717) is 5.41 Å². The minimum absolute atomic E-state index is 0.288. The molecule has 0 radical (unpaired) electrons. The van der Waals surface area contributed by atoms with Gasteiger partial charge in [0.2, 0.25) is 0 Å². The van der Waals surface area contributed by atoms with Crippen LogP contribution in [0.2, 0.25) is 0 Å². The van der Waals surface area contributed by atoms with Crippen LogP contribution in [0.25, 0.3) is 0 Å². The summed E-state index contributed by atoms with van der Waals surface area (Å²) in [6.45, 7) is 6.40. The van der Waals surface area contributed by atoms with Gasteiger partial charge in [-0.25, -0.2) is 0 Å². The zero-order chi connectivity index (χ0) is 8.06. The molecule has 0 aromatic rings. The minimum atomic E-state index is 0.288. The molecule has 2 heteroatoms. The summed E-state index contributed by atoms with van der Waals surface area (Å²) in [5, 5.41) is 3.94. The van der Waals surface area contributed by atoms with Crippen LogP contribution in [0.15, 0.2) is 16.8 Å². The van der Waals surface area contributed by atoms with E-state index in [1.54, 1.807) is 0 Å². The zero-order valence-corrected chi connectivity index (χ0v) is 7.22. The summed E-state index contributed by atoms with van der Waals surface area (Å²) in [4.78, 5) is 5.29. The van der Waals surface area contributed by atoms with Crippen molar-refractivity contribution >= 4 is 5.71 Å². The molecule has 1 aliphatic heterocycles. The first-order chi connectivity index (χ1) is 5.18. The van der Waals surface area contributed by atoms with E-state index < -0.39 is 0 Å². The van der Waals surface area contributed by atoms with E-state index in [9.17, 15) is 0 Å². The number of allylic oxidation sites excluding steroid dienone is 1. The summed E-state index contributed by atoms with van der Waals surface area (Å²) in [6.07, 6.45) is 3.58. The van der Waals surface area contributed by atoms with E-state index in [1.807, 2.05) is 6.92 Å². The number of rotatable bonds is 1.